The molecule has 0 aromatic carbocycles. The highest BCUT2D eigenvalue weighted by molar-refractivity contribution is 5.90. The van der Waals surface area contributed by atoms with Crippen molar-refractivity contribution >= 4 is 11.7 Å². The summed E-state index contributed by atoms with van der Waals surface area (Å²) >= 11 is 0. The van der Waals surface area contributed by atoms with E-state index in [-0.39, 0.29) is 17.6 Å². The number of amides is 2. The number of ether oxygens (including phenoxy) is 1. The average Bonchev–Trinajstić information content (AvgIpc) is 3.24. The van der Waals surface area contributed by atoms with E-state index >= 15 is 0 Å². The summed E-state index contributed by atoms with van der Waals surface area (Å²) in [4.78, 5) is 26.7. The van der Waals surface area contributed by atoms with E-state index in [0.717, 1.165) is 29.9 Å². The van der Waals surface area contributed by atoms with Gasteiger partial charge in [-0.1, -0.05) is 0 Å². The predicted molar refractivity (Wildman–Crippen MR) is 93.5 cm³/mol. The summed E-state index contributed by atoms with van der Waals surface area (Å²) in [6, 6.07) is 5.15. The van der Waals surface area contributed by atoms with Gasteiger partial charge in [0.15, 0.2) is 0 Å². The van der Waals surface area contributed by atoms with Gasteiger partial charge in [-0.25, -0.2) is 4.79 Å². The molecule has 2 aromatic rings. The molecule has 1 saturated heterocycles. The second kappa shape index (κ2) is 7.14. The van der Waals surface area contributed by atoms with E-state index in [4.69, 9.17) is 9.15 Å². The van der Waals surface area contributed by atoms with Gasteiger partial charge in [0.25, 0.3) is 5.56 Å². The highest BCUT2D eigenvalue weighted by Crippen LogP contribution is 2.33. The maximum absolute atomic E-state index is 12.7. The maximum Gasteiger partial charge on any atom is 0.322 e. The Kier molecular flexibility index (Phi) is 4.94. The number of hydrogen-bond acceptors (Lipinski definition) is 4. The van der Waals surface area contributed by atoms with Gasteiger partial charge in [0, 0.05) is 26.9 Å². The van der Waals surface area contributed by atoms with E-state index in [1.807, 2.05) is 25.1 Å². The minimum Gasteiger partial charge on any atom is -0.461 e. The van der Waals surface area contributed by atoms with Crippen LogP contribution in [0.1, 0.15) is 36.0 Å². The standard InChI is InChI=1S/C18H23N3O4/c1-12-8-10-20(2)17(22)16(12)19-18(23)21-9-4-5-14(21)15-7-6-13(25-15)11-24-3/h6-8,10,14H,4-5,9,11H2,1-3H3,(H,19,23). The summed E-state index contributed by atoms with van der Waals surface area (Å²) in [6.45, 7) is 2.84. The van der Waals surface area contributed by atoms with Gasteiger partial charge >= 0.3 is 6.03 Å². The molecule has 1 N–H and O–H groups in total. The number of carbonyl (C=O) groups is 1. The number of likely N-dealkylation sites (tertiary alicyclic amines) is 1. The molecule has 1 unspecified atom stereocenters. The lowest BCUT2D eigenvalue weighted by atomic mass is 10.2. The molecular weight excluding hydrogens is 322 g/mol. The minimum absolute atomic E-state index is 0.126. The summed E-state index contributed by atoms with van der Waals surface area (Å²) in [5.41, 5.74) is 0.845. The van der Waals surface area contributed by atoms with Crippen molar-refractivity contribution in [3.63, 3.8) is 0 Å². The van der Waals surface area contributed by atoms with Crippen LogP contribution in [0.25, 0.3) is 0 Å². The smallest absolute Gasteiger partial charge is 0.322 e. The molecular formula is C18H23N3O4. The fraction of sp³-hybridized carbons (Fsp3) is 0.444. The number of pyridine rings is 1. The van der Waals surface area contributed by atoms with E-state index < -0.39 is 0 Å². The zero-order valence-corrected chi connectivity index (χ0v) is 14.7. The predicted octanol–water partition coefficient (Wildman–Crippen LogP) is 2.80. The number of nitrogens with one attached hydrogen (secondary N) is 1. The van der Waals surface area contributed by atoms with Crippen molar-refractivity contribution in [2.24, 2.45) is 7.05 Å². The van der Waals surface area contributed by atoms with Crippen molar-refractivity contribution in [1.82, 2.24) is 9.47 Å². The Morgan fingerprint density at radius 1 is 1.40 bits per heavy atom. The molecule has 0 aliphatic carbocycles. The first-order valence-electron chi connectivity index (χ1n) is 8.32. The Bertz CT molecular complexity index is 824. The van der Waals surface area contributed by atoms with Crippen molar-refractivity contribution < 1.29 is 13.9 Å². The molecule has 1 aliphatic heterocycles. The fourth-order valence-electron chi connectivity index (χ4n) is 3.15. The van der Waals surface area contributed by atoms with E-state index in [1.54, 1.807) is 25.3 Å². The normalized spacial score (nSPS) is 17.1. The number of methoxy groups -OCH3 is 1. The molecule has 7 heteroatoms. The first kappa shape index (κ1) is 17.3. The third-order valence-electron chi connectivity index (χ3n) is 4.52. The van der Waals surface area contributed by atoms with Gasteiger partial charge in [0.1, 0.15) is 23.8 Å². The largest absolute Gasteiger partial charge is 0.461 e. The van der Waals surface area contributed by atoms with Crippen LogP contribution < -0.4 is 10.9 Å². The topological polar surface area (TPSA) is 76.7 Å². The molecule has 2 amide bonds. The van der Waals surface area contributed by atoms with Crippen LogP contribution in [0.4, 0.5) is 10.5 Å². The maximum atomic E-state index is 12.7. The number of aryl methyl sites for hydroxylation is 2. The van der Waals surface area contributed by atoms with Gasteiger partial charge in [-0.05, 0) is 43.5 Å². The molecule has 0 saturated carbocycles. The molecule has 0 bridgehead atoms. The van der Waals surface area contributed by atoms with Crippen LogP contribution in [0.2, 0.25) is 0 Å². The third kappa shape index (κ3) is 3.46. The molecule has 25 heavy (non-hydrogen) atoms. The summed E-state index contributed by atoms with van der Waals surface area (Å²) < 4.78 is 12.3. The first-order chi connectivity index (χ1) is 12.0. The Morgan fingerprint density at radius 2 is 2.20 bits per heavy atom. The molecule has 1 atom stereocenters. The molecule has 1 fully saturated rings. The Balaban J connectivity index is 1.79. The Labute approximate surface area is 146 Å². The monoisotopic (exact) mass is 345 g/mol. The lowest BCUT2D eigenvalue weighted by Crippen LogP contribution is -2.36. The number of anilines is 1. The van der Waals surface area contributed by atoms with Crippen LogP contribution in [0.3, 0.4) is 0 Å². The van der Waals surface area contributed by atoms with Crippen LogP contribution in [0.15, 0.2) is 33.6 Å². The first-order valence-corrected chi connectivity index (χ1v) is 8.32. The number of carbonyl (C=O) groups excluding carboxylic acids is 1. The van der Waals surface area contributed by atoms with Gasteiger partial charge in [-0.3, -0.25) is 4.79 Å². The van der Waals surface area contributed by atoms with Crippen LogP contribution in [-0.2, 0) is 18.4 Å². The zero-order chi connectivity index (χ0) is 18.0. The Hall–Kier alpha value is -2.54. The van der Waals surface area contributed by atoms with Gasteiger partial charge in [-0.15, -0.1) is 0 Å². The second-order valence-electron chi connectivity index (χ2n) is 6.31. The van der Waals surface area contributed by atoms with Crippen molar-refractivity contribution in [2.45, 2.75) is 32.4 Å². The molecule has 0 spiro atoms. The second-order valence-corrected chi connectivity index (χ2v) is 6.31. The van der Waals surface area contributed by atoms with E-state index in [1.165, 1.54) is 4.57 Å². The number of rotatable bonds is 4. The molecule has 1 aliphatic rings. The summed E-state index contributed by atoms with van der Waals surface area (Å²) in [5.74, 6) is 1.48. The van der Waals surface area contributed by atoms with Crippen LogP contribution in [-0.4, -0.2) is 29.2 Å². The minimum atomic E-state index is -0.279. The summed E-state index contributed by atoms with van der Waals surface area (Å²) in [6.07, 6.45) is 3.41. The van der Waals surface area contributed by atoms with Crippen LogP contribution in [0, 0.1) is 6.92 Å². The van der Waals surface area contributed by atoms with Crippen LogP contribution >= 0.6 is 0 Å². The third-order valence-corrected chi connectivity index (χ3v) is 4.52. The molecule has 3 heterocycles. The number of urea groups is 1. The quantitative estimate of drug-likeness (QED) is 0.924. The SMILES string of the molecule is COCc1ccc(C2CCCN2C(=O)Nc2c(C)ccn(C)c2=O)o1. The number of aromatic nitrogens is 1. The number of hydrogen-bond donors (Lipinski definition) is 1. The van der Waals surface area contributed by atoms with Crippen molar-refractivity contribution in [3.8, 4) is 0 Å². The molecule has 134 valence electrons. The van der Waals surface area contributed by atoms with Gasteiger partial charge in [0.2, 0.25) is 0 Å². The van der Waals surface area contributed by atoms with Crippen molar-refractivity contribution in [1.29, 1.82) is 0 Å². The van der Waals surface area contributed by atoms with E-state index in [2.05, 4.69) is 5.32 Å². The van der Waals surface area contributed by atoms with Gasteiger partial charge < -0.3 is 23.9 Å². The van der Waals surface area contributed by atoms with Crippen molar-refractivity contribution in [3.05, 3.63) is 51.8 Å². The lowest BCUT2D eigenvalue weighted by molar-refractivity contribution is 0.157. The summed E-state index contributed by atoms with van der Waals surface area (Å²) in [5, 5.41) is 2.78. The molecule has 7 nitrogen and oxygen atoms in total. The number of nitrogens with zero attached hydrogens (tertiary/aromatic N) is 2. The average molecular weight is 345 g/mol. The van der Waals surface area contributed by atoms with E-state index in [0.29, 0.717) is 18.8 Å². The van der Waals surface area contributed by atoms with Crippen molar-refractivity contribution in [2.75, 3.05) is 19.0 Å². The zero-order valence-electron chi connectivity index (χ0n) is 14.7. The molecule has 3 rings (SSSR count). The Morgan fingerprint density at radius 3 is 2.96 bits per heavy atom. The lowest BCUT2D eigenvalue weighted by Gasteiger charge is -2.24. The number of furan rings is 1. The fourth-order valence-corrected chi connectivity index (χ4v) is 3.15. The van der Waals surface area contributed by atoms with Gasteiger partial charge in [0.05, 0.1) is 6.04 Å². The highest BCUT2D eigenvalue weighted by atomic mass is 16.5. The summed E-state index contributed by atoms with van der Waals surface area (Å²) in [7, 11) is 3.27. The van der Waals surface area contributed by atoms with Gasteiger partial charge in [-0.2, -0.15) is 0 Å². The highest BCUT2D eigenvalue weighted by Gasteiger charge is 2.32. The molecule has 0 radical (unpaired) electrons. The molecule has 2 aromatic heterocycles. The van der Waals surface area contributed by atoms with E-state index in [9.17, 15) is 9.59 Å². The van der Waals surface area contributed by atoms with Crippen LogP contribution in [0.5, 0.6) is 0 Å².